The molecule has 1 rings (SSSR count). The highest BCUT2D eigenvalue weighted by Gasteiger charge is 2.23. The van der Waals surface area contributed by atoms with Gasteiger partial charge in [-0.1, -0.05) is 23.2 Å². The minimum Gasteiger partial charge on any atom is -0.258 e. The van der Waals surface area contributed by atoms with Gasteiger partial charge in [-0.2, -0.15) is 0 Å². The quantitative estimate of drug-likeness (QED) is 0.446. The maximum absolute atomic E-state index is 10.3. The molecule has 0 fully saturated rings. The third kappa shape index (κ3) is 1.88. The van der Waals surface area contributed by atoms with Crippen molar-refractivity contribution in [3.8, 4) is 0 Å². The Morgan fingerprint density at radius 3 is 1.71 bits per heavy atom. The summed E-state index contributed by atoms with van der Waals surface area (Å²) in [5, 5.41) is 19.7. The van der Waals surface area contributed by atoms with Crippen LogP contribution in [0.2, 0.25) is 10.3 Å². The third-order valence-electron chi connectivity index (χ3n) is 1.29. The molecule has 0 aromatic carbocycles. The number of hydrogen-bond acceptors (Lipinski definition) is 5. The average molecular weight is 238 g/mol. The zero-order valence-corrected chi connectivity index (χ0v) is 7.82. The van der Waals surface area contributed by atoms with Crippen molar-refractivity contribution >= 4 is 34.6 Å². The normalized spacial score (nSPS) is 9.86. The number of halogens is 2. The van der Waals surface area contributed by atoms with Crippen LogP contribution in [0.25, 0.3) is 0 Å². The van der Waals surface area contributed by atoms with Crippen molar-refractivity contribution in [2.24, 2.45) is 0 Å². The van der Waals surface area contributed by atoms with E-state index in [0.717, 1.165) is 0 Å². The Morgan fingerprint density at radius 2 is 1.43 bits per heavy atom. The van der Waals surface area contributed by atoms with Crippen molar-refractivity contribution in [1.82, 2.24) is 4.98 Å². The van der Waals surface area contributed by atoms with E-state index < -0.39 is 31.5 Å². The number of nitro groups is 2. The molecule has 0 aliphatic heterocycles. The lowest BCUT2D eigenvalue weighted by atomic mass is 10.4. The molecule has 0 spiro atoms. The Balaban J connectivity index is 3.42. The summed E-state index contributed by atoms with van der Waals surface area (Å²) in [5.41, 5.74) is -1.30. The summed E-state index contributed by atoms with van der Waals surface area (Å²) in [6.07, 6.45) is 0. The monoisotopic (exact) mass is 237 g/mol. The van der Waals surface area contributed by atoms with Gasteiger partial charge in [0.15, 0.2) is 0 Å². The lowest BCUT2D eigenvalue weighted by molar-refractivity contribution is -0.394. The Labute approximate surface area is 86.6 Å². The van der Waals surface area contributed by atoms with Crippen molar-refractivity contribution in [3.63, 3.8) is 0 Å². The van der Waals surface area contributed by atoms with Gasteiger partial charge >= 0.3 is 11.4 Å². The van der Waals surface area contributed by atoms with Crippen LogP contribution in [0.1, 0.15) is 0 Å². The topological polar surface area (TPSA) is 99.2 Å². The predicted molar refractivity (Wildman–Crippen MR) is 47.6 cm³/mol. The summed E-state index contributed by atoms with van der Waals surface area (Å²) < 4.78 is 0. The van der Waals surface area contributed by atoms with E-state index in [9.17, 15) is 20.2 Å². The molecule has 7 nitrogen and oxygen atoms in total. The highest BCUT2D eigenvalue weighted by molar-refractivity contribution is 6.34. The van der Waals surface area contributed by atoms with E-state index in [0.29, 0.717) is 6.07 Å². The zero-order chi connectivity index (χ0) is 10.9. The second-order valence-electron chi connectivity index (χ2n) is 2.12. The summed E-state index contributed by atoms with van der Waals surface area (Å²) in [6.45, 7) is 0. The van der Waals surface area contributed by atoms with Gasteiger partial charge in [-0.25, -0.2) is 4.98 Å². The van der Waals surface area contributed by atoms with Gasteiger partial charge in [0.1, 0.15) is 6.07 Å². The van der Waals surface area contributed by atoms with Crippen LogP contribution in [0.4, 0.5) is 11.4 Å². The van der Waals surface area contributed by atoms with Crippen LogP contribution >= 0.6 is 23.2 Å². The van der Waals surface area contributed by atoms with E-state index in [1.807, 2.05) is 0 Å². The number of pyridine rings is 1. The van der Waals surface area contributed by atoms with E-state index in [-0.39, 0.29) is 0 Å². The SMILES string of the molecule is O=[N+]([O-])c1cc([N+](=O)[O-])c(Cl)nc1Cl. The molecule has 74 valence electrons. The Hall–Kier alpha value is -1.47. The molecule has 1 aromatic heterocycles. The minimum absolute atomic E-state index is 0.481. The van der Waals surface area contributed by atoms with Gasteiger partial charge in [0, 0.05) is 0 Å². The largest absolute Gasteiger partial charge is 0.313 e. The van der Waals surface area contributed by atoms with Crippen LogP contribution in [0, 0.1) is 20.2 Å². The lowest BCUT2D eigenvalue weighted by Crippen LogP contribution is -1.96. The van der Waals surface area contributed by atoms with Gasteiger partial charge < -0.3 is 0 Å². The van der Waals surface area contributed by atoms with E-state index in [2.05, 4.69) is 4.98 Å². The van der Waals surface area contributed by atoms with Crippen molar-refractivity contribution in [1.29, 1.82) is 0 Å². The molecule has 1 aromatic rings. The van der Waals surface area contributed by atoms with Crippen LogP contribution in [0.3, 0.4) is 0 Å². The molecule has 0 saturated carbocycles. The van der Waals surface area contributed by atoms with Crippen molar-refractivity contribution in [2.75, 3.05) is 0 Å². The molecule has 14 heavy (non-hydrogen) atoms. The van der Waals surface area contributed by atoms with E-state index in [4.69, 9.17) is 23.2 Å². The molecule has 0 aliphatic rings. The maximum Gasteiger partial charge on any atom is 0.313 e. The van der Waals surface area contributed by atoms with E-state index in [1.54, 1.807) is 0 Å². The van der Waals surface area contributed by atoms with E-state index in [1.165, 1.54) is 0 Å². The third-order valence-corrected chi connectivity index (χ3v) is 1.84. The molecular formula is C5HCl2N3O4. The molecule has 0 N–H and O–H groups in total. The molecule has 9 heteroatoms. The number of aromatic nitrogens is 1. The first-order valence-corrected chi connectivity index (χ1v) is 3.84. The summed E-state index contributed by atoms with van der Waals surface area (Å²) in [5.74, 6) is 0. The fraction of sp³-hybridized carbons (Fsp3) is 0. The number of nitrogens with zero attached hydrogens (tertiary/aromatic N) is 3. The highest BCUT2D eigenvalue weighted by atomic mass is 35.5. The first-order chi connectivity index (χ1) is 6.43. The summed E-state index contributed by atoms with van der Waals surface area (Å²) in [7, 11) is 0. The summed E-state index contributed by atoms with van der Waals surface area (Å²) in [6, 6.07) is 0.664. The van der Waals surface area contributed by atoms with Gasteiger partial charge in [0.25, 0.3) is 0 Å². The molecule has 0 radical (unpaired) electrons. The molecule has 0 saturated heterocycles. The summed E-state index contributed by atoms with van der Waals surface area (Å²) >= 11 is 10.7. The molecule has 0 bridgehead atoms. The average Bonchev–Trinajstić information content (AvgIpc) is 2.02. The highest BCUT2D eigenvalue weighted by Crippen LogP contribution is 2.31. The molecule has 0 unspecified atom stereocenters. The van der Waals surface area contributed by atoms with E-state index >= 15 is 0 Å². The van der Waals surface area contributed by atoms with Crippen LogP contribution < -0.4 is 0 Å². The van der Waals surface area contributed by atoms with Crippen LogP contribution in [0.15, 0.2) is 6.07 Å². The minimum atomic E-state index is -0.876. The van der Waals surface area contributed by atoms with Crippen molar-refractivity contribution in [2.45, 2.75) is 0 Å². The molecule has 0 aliphatic carbocycles. The van der Waals surface area contributed by atoms with Gasteiger partial charge in [-0.3, -0.25) is 20.2 Å². The summed E-state index contributed by atoms with van der Waals surface area (Å²) in [4.78, 5) is 22.2. The number of hydrogen-bond donors (Lipinski definition) is 0. The molecular weight excluding hydrogens is 237 g/mol. The lowest BCUT2D eigenvalue weighted by Gasteiger charge is -1.96. The Bertz CT molecular complexity index is 386. The van der Waals surface area contributed by atoms with Gasteiger partial charge in [0.05, 0.1) is 9.85 Å². The van der Waals surface area contributed by atoms with Crippen LogP contribution in [-0.2, 0) is 0 Å². The number of rotatable bonds is 2. The Kier molecular flexibility index (Phi) is 2.82. The maximum atomic E-state index is 10.3. The van der Waals surface area contributed by atoms with Gasteiger partial charge in [0.2, 0.25) is 10.3 Å². The van der Waals surface area contributed by atoms with Gasteiger partial charge in [-0.15, -0.1) is 0 Å². The fourth-order valence-electron chi connectivity index (χ4n) is 0.705. The second-order valence-corrected chi connectivity index (χ2v) is 2.84. The first kappa shape index (κ1) is 10.6. The van der Waals surface area contributed by atoms with Gasteiger partial charge in [-0.05, 0) is 0 Å². The second kappa shape index (κ2) is 3.72. The zero-order valence-electron chi connectivity index (χ0n) is 6.31. The smallest absolute Gasteiger partial charge is 0.258 e. The molecule has 1 heterocycles. The molecule has 0 amide bonds. The molecule has 0 atom stereocenters. The first-order valence-electron chi connectivity index (χ1n) is 3.08. The standard InChI is InChI=1S/C5HCl2N3O4/c6-4-2(9(11)12)1-3(10(13)14)5(7)8-4/h1H. The Morgan fingerprint density at radius 1 is 1.07 bits per heavy atom. The predicted octanol–water partition coefficient (Wildman–Crippen LogP) is 2.20. The fourth-order valence-corrected chi connectivity index (χ4v) is 1.16. The van der Waals surface area contributed by atoms with Crippen molar-refractivity contribution in [3.05, 3.63) is 36.6 Å². The van der Waals surface area contributed by atoms with Crippen LogP contribution in [0.5, 0.6) is 0 Å². The van der Waals surface area contributed by atoms with Crippen molar-refractivity contribution < 1.29 is 9.85 Å². The van der Waals surface area contributed by atoms with Crippen LogP contribution in [-0.4, -0.2) is 14.8 Å².